The molecule has 0 atom stereocenters. The number of hydrogen-bond acceptors (Lipinski definition) is 2. The zero-order chi connectivity index (χ0) is 13.1. The van der Waals surface area contributed by atoms with E-state index in [1.165, 1.54) is 0 Å². The highest BCUT2D eigenvalue weighted by molar-refractivity contribution is 9.10. The molecule has 0 spiro atoms. The van der Waals surface area contributed by atoms with E-state index in [2.05, 4.69) is 29.8 Å². The second-order valence-electron chi connectivity index (χ2n) is 4.80. The van der Waals surface area contributed by atoms with Crippen molar-refractivity contribution in [3.05, 3.63) is 22.4 Å². The maximum atomic E-state index is 12.5. The van der Waals surface area contributed by atoms with Gasteiger partial charge in [0.2, 0.25) is 0 Å². The van der Waals surface area contributed by atoms with Gasteiger partial charge in [0.15, 0.2) is 0 Å². The normalized spacial score (nSPS) is 17.0. The van der Waals surface area contributed by atoms with Gasteiger partial charge in [0.05, 0.1) is 6.61 Å². The van der Waals surface area contributed by atoms with Crippen LogP contribution in [0.2, 0.25) is 0 Å². The van der Waals surface area contributed by atoms with Crippen molar-refractivity contribution in [3.8, 4) is 0 Å². The summed E-state index contributed by atoms with van der Waals surface area (Å²) in [4.78, 5) is 14.4. The maximum Gasteiger partial charge on any atom is 0.270 e. The zero-order valence-electron chi connectivity index (χ0n) is 10.9. The van der Waals surface area contributed by atoms with E-state index in [0.29, 0.717) is 13.2 Å². The van der Waals surface area contributed by atoms with Gasteiger partial charge >= 0.3 is 0 Å². The molecule has 0 bridgehead atoms. The molecule has 2 heterocycles. The molecule has 100 valence electrons. The first-order valence-electron chi connectivity index (χ1n) is 6.34. The molecule has 1 aromatic heterocycles. The minimum absolute atomic E-state index is 0.0971. The van der Waals surface area contributed by atoms with Gasteiger partial charge < -0.3 is 14.2 Å². The van der Waals surface area contributed by atoms with Gasteiger partial charge in [0.1, 0.15) is 5.69 Å². The van der Waals surface area contributed by atoms with Gasteiger partial charge in [-0.1, -0.05) is 0 Å². The lowest BCUT2D eigenvalue weighted by Gasteiger charge is -2.21. The second kappa shape index (κ2) is 5.89. The van der Waals surface area contributed by atoms with E-state index in [-0.39, 0.29) is 11.9 Å². The first-order valence-corrected chi connectivity index (χ1v) is 7.13. The lowest BCUT2D eigenvalue weighted by Crippen LogP contribution is -2.34. The lowest BCUT2D eigenvalue weighted by atomic mass is 10.3. The van der Waals surface area contributed by atoms with Gasteiger partial charge in [-0.25, -0.2) is 0 Å². The summed E-state index contributed by atoms with van der Waals surface area (Å²) >= 11 is 3.44. The topological polar surface area (TPSA) is 34.5 Å². The number of aromatic nitrogens is 1. The Labute approximate surface area is 116 Å². The number of halogens is 1. The molecule has 5 heteroatoms. The highest BCUT2D eigenvalue weighted by atomic mass is 79.9. The molecule has 0 radical (unpaired) electrons. The Hall–Kier alpha value is -0.810. The third kappa shape index (κ3) is 2.95. The SMILES string of the molecule is CC(C)n1cc(Br)cc1C(=O)N1CCCOCC1. The van der Waals surface area contributed by atoms with Crippen LogP contribution in [0.1, 0.15) is 36.8 Å². The van der Waals surface area contributed by atoms with Gasteiger partial charge in [-0.3, -0.25) is 4.79 Å². The number of hydrogen-bond donors (Lipinski definition) is 0. The first-order chi connectivity index (χ1) is 8.59. The number of ether oxygens (including phenoxy) is 1. The van der Waals surface area contributed by atoms with Crippen molar-refractivity contribution in [3.63, 3.8) is 0 Å². The highest BCUT2D eigenvalue weighted by Crippen LogP contribution is 2.21. The van der Waals surface area contributed by atoms with Crippen LogP contribution in [0.25, 0.3) is 0 Å². The van der Waals surface area contributed by atoms with Crippen LogP contribution >= 0.6 is 15.9 Å². The molecule has 4 nitrogen and oxygen atoms in total. The molecule has 0 unspecified atom stereocenters. The minimum Gasteiger partial charge on any atom is -0.380 e. The summed E-state index contributed by atoms with van der Waals surface area (Å²) in [6, 6.07) is 2.17. The highest BCUT2D eigenvalue weighted by Gasteiger charge is 2.21. The molecule has 1 fully saturated rings. The summed E-state index contributed by atoms with van der Waals surface area (Å²) in [6.45, 7) is 7.00. The summed E-state index contributed by atoms with van der Waals surface area (Å²) in [5.41, 5.74) is 0.749. The quantitative estimate of drug-likeness (QED) is 0.841. The summed E-state index contributed by atoms with van der Waals surface area (Å²) in [6.07, 6.45) is 2.88. The largest absolute Gasteiger partial charge is 0.380 e. The predicted octanol–water partition coefficient (Wildman–Crippen LogP) is 2.69. The summed E-state index contributed by atoms with van der Waals surface area (Å²) in [5, 5.41) is 0. The number of amides is 1. The Morgan fingerprint density at radius 2 is 2.17 bits per heavy atom. The van der Waals surface area contributed by atoms with Gasteiger partial charge in [-0.05, 0) is 42.3 Å². The molecule has 0 aliphatic carbocycles. The van der Waals surface area contributed by atoms with Crippen LogP contribution in [0.3, 0.4) is 0 Å². The number of carbonyl (C=O) groups excluding carboxylic acids is 1. The van der Waals surface area contributed by atoms with E-state index < -0.39 is 0 Å². The third-order valence-electron chi connectivity index (χ3n) is 3.10. The zero-order valence-corrected chi connectivity index (χ0v) is 12.4. The summed E-state index contributed by atoms with van der Waals surface area (Å²) < 4.78 is 8.35. The van der Waals surface area contributed by atoms with Crippen molar-refractivity contribution >= 4 is 21.8 Å². The Bertz CT molecular complexity index is 421. The van der Waals surface area contributed by atoms with Gasteiger partial charge in [-0.2, -0.15) is 0 Å². The summed E-state index contributed by atoms with van der Waals surface area (Å²) in [7, 11) is 0. The average molecular weight is 315 g/mol. The molecule has 1 aliphatic heterocycles. The van der Waals surface area contributed by atoms with E-state index >= 15 is 0 Å². The van der Waals surface area contributed by atoms with Gasteiger partial charge in [0.25, 0.3) is 5.91 Å². The average Bonchev–Trinajstić information content (AvgIpc) is 2.56. The predicted molar refractivity (Wildman–Crippen MR) is 73.9 cm³/mol. The third-order valence-corrected chi connectivity index (χ3v) is 3.53. The fraction of sp³-hybridized carbons (Fsp3) is 0.615. The van der Waals surface area contributed by atoms with Crippen molar-refractivity contribution < 1.29 is 9.53 Å². The molecule has 18 heavy (non-hydrogen) atoms. The fourth-order valence-electron chi connectivity index (χ4n) is 2.16. The molecule has 1 amide bonds. The van der Waals surface area contributed by atoms with Crippen molar-refractivity contribution in [2.24, 2.45) is 0 Å². The van der Waals surface area contributed by atoms with E-state index in [0.717, 1.165) is 29.7 Å². The van der Waals surface area contributed by atoms with Crippen LogP contribution in [0.4, 0.5) is 0 Å². The lowest BCUT2D eigenvalue weighted by molar-refractivity contribution is 0.0729. The van der Waals surface area contributed by atoms with Crippen molar-refractivity contribution in [1.29, 1.82) is 0 Å². The van der Waals surface area contributed by atoms with E-state index in [9.17, 15) is 4.79 Å². The monoisotopic (exact) mass is 314 g/mol. The van der Waals surface area contributed by atoms with Gasteiger partial charge in [0, 0.05) is 36.4 Å². The van der Waals surface area contributed by atoms with Crippen LogP contribution in [0.15, 0.2) is 16.7 Å². The summed E-state index contributed by atoms with van der Waals surface area (Å²) in [5.74, 6) is 0.0971. The van der Waals surface area contributed by atoms with Gasteiger partial charge in [-0.15, -0.1) is 0 Å². The van der Waals surface area contributed by atoms with E-state index in [4.69, 9.17) is 4.74 Å². The van der Waals surface area contributed by atoms with Crippen LogP contribution in [-0.2, 0) is 4.74 Å². The molecule has 2 rings (SSSR count). The van der Waals surface area contributed by atoms with Crippen molar-refractivity contribution in [1.82, 2.24) is 9.47 Å². The molecule has 0 N–H and O–H groups in total. The Morgan fingerprint density at radius 3 is 2.89 bits per heavy atom. The molecular weight excluding hydrogens is 296 g/mol. The number of rotatable bonds is 2. The van der Waals surface area contributed by atoms with E-state index in [1.807, 2.05) is 21.7 Å². The molecule has 1 aromatic rings. The Balaban J connectivity index is 2.21. The van der Waals surface area contributed by atoms with Crippen LogP contribution < -0.4 is 0 Å². The maximum absolute atomic E-state index is 12.5. The molecule has 1 saturated heterocycles. The van der Waals surface area contributed by atoms with Crippen LogP contribution in [-0.4, -0.2) is 41.7 Å². The van der Waals surface area contributed by atoms with Crippen LogP contribution in [0, 0.1) is 0 Å². The fourth-order valence-corrected chi connectivity index (χ4v) is 2.59. The Kier molecular flexibility index (Phi) is 4.45. The molecule has 0 aromatic carbocycles. The van der Waals surface area contributed by atoms with Crippen LogP contribution in [0.5, 0.6) is 0 Å². The Morgan fingerprint density at radius 1 is 1.39 bits per heavy atom. The molecule has 0 saturated carbocycles. The smallest absolute Gasteiger partial charge is 0.270 e. The molecule has 1 aliphatic rings. The number of carbonyl (C=O) groups is 1. The van der Waals surface area contributed by atoms with Crippen molar-refractivity contribution in [2.75, 3.05) is 26.3 Å². The van der Waals surface area contributed by atoms with Crippen molar-refractivity contribution in [2.45, 2.75) is 26.3 Å². The minimum atomic E-state index is 0.0971. The standard InChI is InChI=1S/C13H19BrN2O2/c1-10(2)16-9-11(14)8-12(16)13(17)15-4-3-6-18-7-5-15/h8-10H,3-7H2,1-2H3. The van der Waals surface area contributed by atoms with E-state index in [1.54, 1.807) is 0 Å². The first kappa shape index (κ1) is 13.6. The second-order valence-corrected chi connectivity index (χ2v) is 5.72. The number of nitrogens with zero attached hydrogens (tertiary/aromatic N) is 2. The molecular formula is C13H19BrN2O2.